The Morgan fingerprint density at radius 2 is 1.38 bits per heavy atom. The van der Waals surface area contributed by atoms with E-state index >= 15 is 0 Å². The van der Waals surface area contributed by atoms with Crippen LogP contribution in [-0.2, 0) is 0 Å². The van der Waals surface area contributed by atoms with Crippen molar-refractivity contribution in [3.8, 4) is 11.1 Å². The minimum absolute atomic E-state index is 0.786. The van der Waals surface area contributed by atoms with Gasteiger partial charge in [-0.25, -0.2) is 0 Å². The molecule has 2 rings (SSSR count). The average molecular weight is 212 g/mol. The number of nitrogen functional groups attached to an aromatic ring is 2. The van der Waals surface area contributed by atoms with Crippen molar-refractivity contribution in [1.29, 1.82) is 0 Å². The Kier molecular flexibility index (Phi) is 2.57. The van der Waals surface area contributed by atoms with E-state index in [0.29, 0.717) is 0 Å². The standard InChI is InChI=1S/C14H16N2/c1-9-10(2)14(16)8-7-13(9)11-3-5-12(15)6-4-11/h3-8H,15-16H2,1-2H3. The zero-order chi connectivity index (χ0) is 11.7. The molecule has 2 aromatic carbocycles. The normalized spacial score (nSPS) is 10.4. The third-order valence-corrected chi connectivity index (χ3v) is 3.05. The van der Waals surface area contributed by atoms with Crippen LogP contribution in [0.2, 0.25) is 0 Å². The maximum Gasteiger partial charge on any atom is 0.0346 e. The highest BCUT2D eigenvalue weighted by molar-refractivity contribution is 5.73. The lowest BCUT2D eigenvalue weighted by molar-refractivity contribution is 1.34. The molecule has 0 radical (unpaired) electrons. The Hall–Kier alpha value is -1.96. The maximum atomic E-state index is 5.87. The predicted molar refractivity (Wildman–Crippen MR) is 70.2 cm³/mol. The second kappa shape index (κ2) is 3.89. The molecule has 0 aliphatic carbocycles. The maximum absolute atomic E-state index is 5.87. The van der Waals surface area contributed by atoms with Crippen molar-refractivity contribution in [1.82, 2.24) is 0 Å². The van der Waals surface area contributed by atoms with E-state index in [4.69, 9.17) is 11.5 Å². The molecule has 82 valence electrons. The number of rotatable bonds is 1. The summed E-state index contributed by atoms with van der Waals surface area (Å²) in [6.07, 6.45) is 0. The summed E-state index contributed by atoms with van der Waals surface area (Å²) in [5.74, 6) is 0. The molecule has 0 spiro atoms. The smallest absolute Gasteiger partial charge is 0.0346 e. The highest BCUT2D eigenvalue weighted by atomic mass is 14.6. The number of benzene rings is 2. The summed E-state index contributed by atoms with van der Waals surface area (Å²) in [7, 11) is 0. The van der Waals surface area contributed by atoms with Crippen LogP contribution in [-0.4, -0.2) is 0 Å². The predicted octanol–water partition coefficient (Wildman–Crippen LogP) is 3.13. The van der Waals surface area contributed by atoms with E-state index in [-0.39, 0.29) is 0 Å². The SMILES string of the molecule is Cc1c(N)ccc(-c2ccc(N)cc2)c1C. The van der Waals surface area contributed by atoms with Gasteiger partial charge in [0.05, 0.1) is 0 Å². The molecule has 0 fully saturated rings. The first kappa shape index (κ1) is 10.6. The van der Waals surface area contributed by atoms with Crippen molar-refractivity contribution in [2.45, 2.75) is 13.8 Å². The minimum Gasteiger partial charge on any atom is -0.399 e. The van der Waals surface area contributed by atoms with Crippen LogP contribution in [0.25, 0.3) is 11.1 Å². The Bertz CT molecular complexity index is 513. The van der Waals surface area contributed by atoms with Crippen LogP contribution < -0.4 is 11.5 Å². The molecule has 0 bridgehead atoms. The van der Waals surface area contributed by atoms with Crippen LogP contribution in [0.5, 0.6) is 0 Å². The highest BCUT2D eigenvalue weighted by Gasteiger charge is 2.05. The van der Waals surface area contributed by atoms with Crippen molar-refractivity contribution >= 4 is 11.4 Å². The number of hydrogen-bond acceptors (Lipinski definition) is 2. The first-order chi connectivity index (χ1) is 7.59. The molecule has 0 aliphatic heterocycles. The summed E-state index contributed by atoms with van der Waals surface area (Å²) in [6, 6.07) is 11.9. The van der Waals surface area contributed by atoms with Crippen LogP contribution in [0.15, 0.2) is 36.4 Å². The van der Waals surface area contributed by atoms with Crippen molar-refractivity contribution in [3.63, 3.8) is 0 Å². The Labute approximate surface area is 95.9 Å². The van der Waals surface area contributed by atoms with E-state index in [2.05, 4.69) is 13.0 Å². The molecule has 0 amide bonds. The Morgan fingerprint density at radius 3 is 2.00 bits per heavy atom. The fourth-order valence-electron chi connectivity index (χ4n) is 1.82. The molecule has 0 atom stereocenters. The second-order valence-corrected chi connectivity index (χ2v) is 4.07. The van der Waals surface area contributed by atoms with Gasteiger partial charge in [-0.1, -0.05) is 18.2 Å². The molecular weight excluding hydrogens is 196 g/mol. The highest BCUT2D eigenvalue weighted by Crippen LogP contribution is 2.28. The Balaban J connectivity index is 2.57. The lowest BCUT2D eigenvalue weighted by atomic mass is 9.96. The van der Waals surface area contributed by atoms with E-state index < -0.39 is 0 Å². The summed E-state index contributed by atoms with van der Waals surface area (Å²) >= 11 is 0. The monoisotopic (exact) mass is 212 g/mol. The molecule has 0 saturated carbocycles. The summed E-state index contributed by atoms with van der Waals surface area (Å²) < 4.78 is 0. The Morgan fingerprint density at radius 1 is 0.750 bits per heavy atom. The van der Waals surface area contributed by atoms with Crippen molar-refractivity contribution in [2.24, 2.45) is 0 Å². The summed E-state index contributed by atoms with van der Waals surface area (Å²) in [4.78, 5) is 0. The van der Waals surface area contributed by atoms with E-state index in [9.17, 15) is 0 Å². The fourth-order valence-corrected chi connectivity index (χ4v) is 1.82. The molecule has 0 aliphatic rings. The third kappa shape index (κ3) is 1.74. The van der Waals surface area contributed by atoms with E-state index in [1.165, 1.54) is 16.7 Å². The summed E-state index contributed by atoms with van der Waals surface area (Å²) in [6.45, 7) is 4.14. The first-order valence-corrected chi connectivity index (χ1v) is 5.31. The number of anilines is 2. The van der Waals surface area contributed by atoms with E-state index in [1.54, 1.807) is 0 Å². The van der Waals surface area contributed by atoms with Crippen LogP contribution >= 0.6 is 0 Å². The molecular formula is C14H16N2. The third-order valence-electron chi connectivity index (χ3n) is 3.05. The largest absolute Gasteiger partial charge is 0.399 e. The molecule has 2 heteroatoms. The van der Waals surface area contributed by atoms with Gasteiger partial charge < -0.3 is 11.5 Å². The zero-order valence-electron chi connectivity index (χ0n) is 9.62. The number of nitrogens with two attached hydrogens (primary N) is 2. The lowest BCUT2D eigenvalue weighted by Crippen LogP contribution is -1.94. The van der Waals surface area contributed by atoms with Gasteiger partial charge in [0.1, 0.15) is 0 Å². The topological polar surface area (TPSA) is 52.0 Å². The number of hydrogen-bond donors (Lipinski definition) is 2. The van der Waals surface area contributed by atoms with Crippen LogP contribution in [0.4, 0.5) is 11.4 Å². The van der Waals surface area contributed by atoms with Gasteiger partial charge in [0.2, 0.25) is 0 Å². The lowest BCUT2D eigenvalue weighted by Gasteiger charge is -2.11. The fraction of sp³-hybridized carbons (Fsp3) is 0.143. The van der Waals surface area contributed by atoms with Crippen LogP contribution in [0.3, 0.4) is 0 Å². The summed E-state index contributed by atoms with van der Waals surface area (Å²) in [5.41, 5.74) is 17.9. The van der Waals surface area contributed by atoms with E-state index in [0.717, 1.165) is 16.9 Å². The summed E-state index contributed by atoms with van der Waals surface area (Å²) in [5, 5.41) is 0. The van der Waals surface area contributed by atoms with Crippen LogP contribution in [0, 0.1) is 13.8 Å². The molecule has 4 N–H and O–H groups in total. The molecule has 0 heterocycles. The quantitative estimate of drug-likeness (QED) is 0.713. The van der Waals surface area contributed by atoms with Crippen molar-refractivity contribution < 1.29 is 0 Å². The molecule has 0 aromatic heterocycles. The van der Waals surface area contributed by atoms with Gasteiger partial charge in [0.25, 0.3) is 0 Å². The molecule has 2 nitrogen and oxygen atoms in total. The minimum atomic E-state index is 0.786. The molecule has 0 unspecified atom stereocenters. The average Bonchev–Trinajstić information content (AvgIpc) is 2.28. The van der Waals surface area contributed by atoms with Crippen molar-refractivity contribution in [2.75, 3.05) is 11.5 Å². The zero-order valence-corrected chi connectivity index (χ0v) is 9.62. The van der Waals surface area contributed by atoms with Gasteiger partial charge in [-0.3, -0.25) is 0 Å². The van der Waals surface area contributed by atoms with Crippen LogP contribution in [0.1, 0.15) is 11.1 Å². The molecule has 0 saturated heterocycles. The molecule has 16 heavy (non-hydrogen) atoms. The molecule has 2 aromatic rings. The first-order valence-electron chi connectivity index (χ1n) is 5.31. The van der Waals surface area contributed by atoms with Gasteiger partial charge >= 0.3 is 0 Å². The second-order valence-electron chi connectivity index (χ2n) is 4.07. The van der Waals surface area contributed by atoms with Gasteiger partial charge in [0, 0.05) is 11.4 Å². The van der Waals surface area contributed by atoms with Crippen molar-refractivity contribution in [3.05, 3.63) is 47.5 Å². The van der Waals surface area contributed by atoms with Gasteiger partial charge in [0.15, 0.2) is 0 Å². The van der Waals surface area contributed by atoms with E-state index in [1.807, 2.05) is 37.3 Å². The van der Waals surface area contributed by atoms with Gasteiger partial charge in [-0.05, 0) is 54.3 Å². The van der Waals surface area contributed by atoms with Gasteiger partial charge in [-0.15, -0.1) is 0 Å². The van der Waals surface area contributed by atoms with Gasteiger partial charge in [-0.2, -0.15) is 0 Å².